The van der Waals surface area contributed by atoms with Gasteiger partial charge in [-0.1, -0.05) is 18.2 Å². The summed E-state index contributed by atoms with van der Waals surface area (Å²) in [6, 6.07) is 10.8. The number of likely N-dealkylation sites (N-methyl/N-ethyl adjacent to an activating group) is 2. The predicted octanol–water partition coefficient (Wildman–Crippen LogP) is 3.62. The highest BCUT2D eigenvalue weighted by Gasteiger charge is 2.16. The van der Waals surface area contributed by atoms with Crippen molar-refractivity contribution in [3.05, 3.63) is 53.9 Å². The zero-order valence-electron chi connectivity index (χ0n) is 19.1. The van der Waals surface area contributed by atoms with Gasteiger partial charge in [0, 0.05) is 61.8 Å². The van der Waals surface area contributed by atoms with E-state index in [4.69, 9.17) is 10.4 Å². The molecule has 0 aliphatic carbocycles. The fourth-order valence-electron chi connectivity index (χ4n) is 3.55. The molecule has 0 radical (unpaired) electrons. The lowest BCUT2D eigenvalue weighted by atomic mass is 9.99. The summed E-state index contributed by atoms with van der Waals surface area (Å²) in [4.78, 5) is 7.20. The summed E-state index contributed by atoms with van der Waals surface area (Å²) in [7, 11) is 6.00. The third-order valence-corrected chi connectivity index (χ3v) is 5.06. The van der Waals surface area contributed by atoms with Crippen molar-refractivity contribution in [1.82, 2.24) is 25.0 Å². The maximum atomic E-state index is 8.02. The van der Waals surface area contributed by atoms with Crippen LogP contribution in [0.5, 0.6) is 0 Å². The second-order valence-electron chi connectivity index (χ2n) is 8.21. The molecular weight excluding hydrogens is 386 g/mol. The van der Waals surface area contributed by atoms with Crippen LogP contribution in [-0.4, -0.2) is 59.1 Å². The van der Waals surface area contributed by atoms with Crippen LogP contribution in [-0.2, 0) is 13.6 Å². The minimum atomic E-state index is 0.204. The maximum absolute atomic E-state index is 8.02. The van der Waals surface area contributed by atoms with Crippen LogP contribution in [0.2, 0.25) is 0 Å². The van der Waals surface area contributed by atoms with Gasteiger partial charge in [-0.3, -0.25) is 4.68 Å². The average molecular weight is 420 g/mol. The largest absolute Gasteiger partial charge is 0.367 e. The first-order valence-corrected chi connectivity index (χ1v) is 10.6. The molecule has 0 bridgehead atoms. The van der Waals surface area contributed by atoms with Gasteiger partial charge < -0.3 is 20.9 Å². The van der Waals surface area contributed by atoms with Crippen molar-refractivity contribution in [2.75, 3.05) is 32.5 Å². The van der Waals surface area contributed by atoms with E-state index < -0.39 is 0 Å². The highest BCUT2D eigenvalue weighted by molar-refractivity contribution is 5.95. The Morgan fingerprint density at radius 1 is 1.23 bits per heavy atom. The third-order valence-electron chi connectivity index (χ3n) is 5.06. The fraction of sp³-hybridized carbons (Fsp3) is 0.375. The first kappa shape index (κ1) is 22.7. The van der Waals surface area contributed by atoms with E-state index in [1.54, 1.807) is 4.68 Å². The molecule has 31 heavy (non-hydrogen) atoms. The Balaban J connectivity index is 2.04. The molecule has 0 spiro atoms. The van der Waals surface area contributed by atoms with Crippen LogP contribution in [0.1, 0.15) is 25.0 Å². The molecule has 164 valence electrons. The smallest absolute Gasteiger partial charge is 0.136 e. The van der Waals surface area contributed by atoms with Crippen LogP contribution in [0, 0.1) is 5.41 Å². The van der Waals surface area contributed by atoms with Crippen LogP contribution >= 0.6 is 0 Å². The van der Waals surface area contributed by atoms with Crippen LogP contribution in [0.4, 0.5) is 5.82 Å². The van der Waals surface area contributed by atoms with Crippen LogP contribution in [0.15, 0.2) is 42.7 Å². The van der Waals surface area contributed by atoms with Gasteiger partial charge in [-0.25, -0.2) is 4.98 Å². The van der Waals surface area contributed by atoms with Crippen molar-refractivity contribution >= 4 is 12.0 Å². The molecule has 0 aliphatic rings. The number of pyridine rings is 1. The number of hydrogen-bond acceptors (Lipinski definition) is 6. The van der Waals surface area contributed by atoms with Gasteiger partial charge in [0.1, 0.15) is 5.82 Å². The van der Waals surface area contributed by atoms with E-state index in [9.17, 15) is 0 Å². The molecule has 1 aromatic carbocycles. The molecule has 2 aromatic heterocycles. The van der Waals surface area contributed by atoms with Crippen molar-refractivity contribution in [3.63, 3.8) is 0 Å². The standard InChI is InChI=1S/C24H33N7/c1-17(2)28-24-22(13-25)21(20-14-27-31(5)16-20)12-23(29-24)19-8-6-7-18(11-19)15-30(4)10-9-26-3/h6-8,11-14,16-17,25-26H,9-10,15H2,1-5H3,(H,28,29). The van der Waals surface area contributed by atoms with E-state index in [2.05, 4.69) is 71.9 Å². The summed E-state index contributed by atoms with van der Waals surface area (Å²) in [6.07, 6.45) is 5.17. The number of aryl methyl sites for hydroxylation is 1. The number of hydrogen-bond donors (Lipinski definition) is 3. The summed E-state index contributed by atoms with van der Waals surface area (Å²) in [6.45, 7) is 6.98. The number of nitrogens with one attached hydrogen (secondary N) is 3. The zero-order valence-corrected chi connectivity index (χ0v) is 19.1. The molecule has 0 saturated heterocycles. The maximum Gasteiger partial charge on any atom is 0.136 e. The second kappa shape index (κ2) is 10.3. The molecule has 3 aromatic rings. The molecule has 0 atom stereocenters. The first-order valence-electron chi connectivity index (χ1n) is 10.6. The van der Waals surface area contributed by atoms with Gasteiger partial charge >= 0.3 is 0 Å². The highest BCUT2D eigenvalue weighted by Crippen LogP contribution is 2.32. The van der Waals surface area contributed by atoms with Gasteiger partial charge in [0.2, 0.25) is 0 Å². The molecule has 0 unspecified atom stereocenters. The topological polar surface area (TPSA) is 81.9 Å². The minimum absolute atomic E-state index is 0.204. The van der Waals surface area contributed by atoms with E-state index in [1.165, 1.54) is 11.8 Å². The molecule has 0 fully saturated rings. The molecule has 7 heteroatoms. The zero-order chi connectivity index (χ0) is 22.4. The molecule has 3 N–H and O–H groups in total. The Hall–Kier alpha value is -3.03. The molecular formula is C24H33N7. The highest BCUT2D eigenvalue weighted by atomic mass is 15.2. The second-order valence-corrected chi connectivity index (χ2v) is 8.21. The molecule has 0 saturated carbocycles. The normalized spacial score (nSPS) is 11.3. The Morgan fingerprint density at radius 3 is 2.68 bits per heavy atom. The van der Waals surface area contributed by atoms with Crippen molar-refractivity contribution < 1.29 is 0 Å². The summed E-state index contributed by atoms with van der Waals surface area (Å²) < 4.78 is 1.78. The average Bonchev–Trinajstić information content (AvgIpc) is 3.17. The van der Waals surface area contributed by atoms with Crippen molar-refractivity contribution in [2.45, 2.75) is 26.4 Å². The summed E-state index contributed by atoms with van der Waals surface area (Å²) in [5.41, 5.74) is 5.89. The Bertz CT molecular complexity index is 1020. The fourth-order valence-corrected chi connectivity index (χ4v) is 3.55. The Morgan fingerprint density at radius 2 is 2.03 bits per heavy atom. The predicted molar refractivity (Wildman–Crippen MR) is 129 cm³/mol. The van der Waals surface area contributed by atoms with Gasteiger partial charge in [-0.15, -0.1) is 0 Å². The van der Waals surface area contributed by atoms with E-state index in [-0.39, 0.29) is 6.04 Å². The monoisotopic (exact) mass is 419 g/mol. The van der Waals surface area contributed by atoms with Crippen molar-refractivity contribution in [1.29, 1.82) is 5.41 Å². The van der Waals surface area contributed by atoms with E-state index in [0.29, 0.717) is 0 Å². The van der Waals surface area contributed by atoms with Gasteiger partial charge in [0.15, 0.2) is 0 Å². The van der Waals surface area contributed by atoms with Gasteiger partial charge in [0.25, 0.3) is 0 Å². The van der Waals surface area contributed by atoms with Gasteiger partial charge in [-0.05, 0) is 51.2 Å². The lowest BCUT2D eigenvalue weighted by molar-refractivity contribution is 0.328. The van der Waals surface area contributed by atoms with Crippen LogP contribution < -0.4 is 10.6 Å². The van der Waals surface area contributed by atoms with E-state index in [0.717, 1.165) is 53.4 Å². The number of aromatic nitrogens is 3. The lowest BCUT2D eigenvalue weighted by Gasteiger charge is -2.18. The Labute approximate surface area is 185 Å². The van der Waals surface area contributed by atoms with Crippen molar-refractivity contribution in [2.24, 2.45) is 7.05 Å². The summed E-state index contributed by atoms with van der Waals surface area (Å²) >= 11 is 0. The van der Waals surface area contributed by atoms with Crippen LogP contribution in [0.3, 0.4) is 0 Å². The number of anilines is 1. The van der Waals surface area contributed by atoms with Gasteiger partial charge in [0.05, 0.1) is 11.9 Å². The number of rotatable bonds is 10. The van der Waals surface area contributed by atoms with E-state index >= 15 is 0 Å². The molecule has 0 aliphatic heterocycles. The third kappa shape index (κ3) is 5.77. The molecule has 2 heterocycles. The lowest BCUT2D eigenvalue weighted by Crippen LogP contribution is -2.26. The molecule has 7 nitrogen and oxygen atoms in total. The van der Waals surface area contributed by atoms with Crippen molar-refractivity contribution in [3.8, 4) is 22.4 Å². The quantitative estimate of drug-likeness (QED) is 0.437. The number of benzene rings is 1. The molecule has 0 amide bonds. The van der Waals surface area contributed by atoms with E-state index in [1.807, 2.05) is 26.5 Å². The summed E-state index contributed by atoms with van der Waals surface area (Å²) in [5, 5.41) is 19.0. The Kier molecular flexibility index (Phi) is 7.55. The van der Waals surface area contributed by atoms with Gasteiger partial charge in [-0.2, -0.15) is 5.10 Å². The number of nitrogens with zero attached hydrogens (tertiary/aromatic N) is 4. The van der Waals surface area contributed by atoms with Crippen LogP contribution in [0.25, 0.3) is 22.4 Å². The minimum Gasteiger partial charge on any atom is -0.367 e. The summed E-state index contributed by atoms with van der Waals surface area (Å²) in [5.74, 6) is 0.720. The molecule has 3 rings (SSSR count). The SMILES string of the molecule is CNCCN(C)Cc1cccc(-c2cc(-c3cnn(C)c3)c(C=N)c(NC(C)C)n2)c1. The first-order chi connectivity index (χ1) is 14.9.